The van der Waals surface area contributed by atoms with Crippen molar-refractivity contribution in [1.82, 2.24) is 9.55 Å². The number of ether oxygens (including phenoxy) is 1. The molecule has 0 saturated carbocycles. The van der Waals surface area contributed by atoms with E-state index < -0.39 is 0 Å². The van der Waals surface area contributed by atoms with Crippen molar-refractivity contribution in [3.63, 3.8) is 0 Å². The highest BCUT2D eigenvalue weighted by Gasteiger charge is 2.02. The van der Waals surface area contributed by atoms with Gasteiger partial charge in [0, 0.05) is 6.54 Å². The van der Waals surface area contributed by atoms with Gasteiger partial charge in [-0.2, -0.15) is 0 Å². The van der Waals surface area contributed by atoms with E-state index >= 15 is 0 Å². The van der Waals surface area contributed by atoms with Crippen molar-refractivity contribution < 1.29 is 4.74 Å². The molecule has 0 radical (unpaired) electrons. The zero-order chi connectivity index (χ0) is 12.1. The Hall–Kier alpha value is -1.39. The second kappa shape index (κ2) is 5.80. The number of hydrogen-bond donors (Lipinski definition) is 1. The topological polar surface area (TPSA) is 29.9 Å². The molecule has 90 valence electrons. The lowest BCUT2D eigenvalue weighted by atomic mass is 10.3. The molecule has 0 aliphatic heterocycles. The maximum Gasteiger partial charge on any atom is 0.178 e. The molecule has 0 spiro atoms. The highest BCUT2D eigenvalue weighted by atomic mass is 32.1. The molecule has 0 aliphatic carbocycles. The fraction of sp³-hybridized carbons (Fsp3) is 0.308. The smallest absolute Gasteiger partial charge is 0.178 e. The van der Waals surface area contributed by atoms with Crippen molar-refractivity contribution in [2.45, 2.75) is 13.0 Å². The van der Waals surface area contributed by atoms with Gasteiger partial charge in [0.1, 0.15) is 0 Å². The second-order valence-electron chi connectivity index (χ2n) is 3.79. The third kappa shape index (κ3) is 2.84. The molecule has 0 bridgehead atoms. The average Bonchev–Trinajstić information content (AvgIpc) is 2.65. The Morgan fingerprint density at radius 2 is 2.18 bits per heavy atom. The van der Waals surface area contributed by atoms with Crippen LogP contribution in [0.1, 0.15) is 6.42 Å². The minimum Gasteiger partial charge on any atom is -0.379 e. The Kier molecular flexibility index (Phi) is 4.12. The molecule has 1 heterocycles. The summed E-state index contributed by atoms with van der Waals surface area (Å²) in [6.07, 6.45) is 2.75. The Bertz CT molecular complexity index is 556. The van der Waals surface area contributed by atoms with Gasteiger partial charge in [0.2, 0.25) is 0 Å². The Morgan fingerprint density at radius 1 is 1.35 bits per heavy atom. The molecule has 2 rings (SSSR count). The summed E-state index contributed by atoms with van der Waals surface area (Å²) in [5.74, 6) is 0. The minimum atomic E-state index is 0.671. The van der Waals surface area contributed by atoms with E-state index in [1.807, 2.05) is 24.3 Å². The standard InChI is InChI=1S/C13H16N2OS/c1-2-3-9-16-10-8-15-12-7-5-4-6-11(12)14-13(15)17/h2,4-7H,1,3,8-10H2,(H,14,17). The van der Waals surface area contributed by atoms with Crippen LogP contribution < -0.4 is 0 Å². The van der Waals surface area contributed by atoms with Crippen molar-refractivity contribution >= 4 is 23.3 Å². The van der Waals surface area contributed by atoms with Crippen LogP contribution >= 0.6 is 12.2 Å². The van der Waals surface area contributed by atoms with Gasteiger partial charge in [0.05, 0.1) is 24.2 Å². The van der Waals surface area contributed by atoms with E-state index in [9.17, 15) is 0 Å². The fourth-order valence-electron chi connectivity index (χ4n) is 1.75. The number of H-pyrrole nitrogens is 1. The van der Waals surface area contributed by atoms with E-state index in [4.69, 9.17) is 17.0 Å². The first kappa shape index (κ1) is 12.1. The van der Waals surface area contributed by atoms with Crippen LogP contribution in [0.5, 0.6) is 0 Å². The summed E-state index contributed by atoms with van der Waals surface area (Å²) in [5.41, 5.74) is 2.20. The summed E-state index contributed by atoms with van der Waals surface area (Å²) in [7, 11) is 0. The number of fused-ring (bicyclic) bond motifs is 1. The first-order valence-corrected chi connectivity index (χ1v) is 6.10. The summed E-state index contributed by atoms with van der Waals surface area (Å²) in [4.78, 5) is 3.19. The van der Waals surface area contributed by atoms with Crippen LogP contribution in [0.4, 0.5) is 0 Å². The molecule has 1 N–H and O–H groups in total. The SMILES string of the molecule is C=CCCOCCn1c(=S)[nH]c2ccccc21. The molecule has 3 nitrogen and oxygen atoms in total. The van der Waals surface area contributed by atoms with Crippen LogP contribution in [-0.4, -0.2) is 22.8 Å². The van der Waals surface area contributed by atoms with Gasteiger partial charge in [-0.25, -0.2) is 0 Å². The maximum atomic E-state index is 5.50. The zero-order valence-corrected chi connectivity index (χ0v) is 10.5. The normalized spacial score (nSPS) is 10.8. The molecule has 1 aromatic carbocycles. The molecular formula is C13H16N2OS. The van der Waals surface area contributed by atoms with Crippen LogP contribution in [-0.2, 0) is 11.3 Å². The monoisotopic (exact) mass is 248 g/mol. The summed E-state index contributed by atoms with van der Waals surface area (Å²) in [5, 5.41) is 0. The number of rotatable bonds is 6. The highest BCUT2D eigenvalue weighted by Crippen LogP contribution is 2.13. The zero-order valence-electron chi connectivity index (χ0n) is 9.69. The quantitative estimate of drug-likeness (QED) is 0.483. The van der Waals surface area contributed by atoms with Crippen molar-refractivity contribution in [3.8, 4) is 0 Å². The number of nitrogens with zero attached hydrogens (tertiary/aromatic N) is 1. The number of imidazole rings is 1. The van der Waals surface area contributed by atoms with Gasteiger partial charge in [0.25, 0.3) is 0 Å². The maximum absolute atomic E-state index is 5.50. The first-order chi connectivity index (χ1) is 8.33. The fourth-order valence-corrected chi connectivity index (χ4v) is 2.05. The van der Waals surface area contributed by atoms with E-state index in [1.165, 1.54) is 0 Å². The molecular weight excluding hydrogens is 232 g/mol. The average molecular weight is 248 g/mol. The number of hydrogen-bond acceptors (Lipinski definition) is 2. The highest BCUT2D eigenvalue weighted by molar-refractivity contribution is 7.71. The second-order valence-corrected chi connectivity index (χ2v) is 4.18. The molecule has 0 amide bonds. The van der Waals surface area contributed by atoms with Gasteiger partial charge in [-0.15, -0.1) is 6.58 Å². The molecule has 1 aromatic heterocycles. The van der Waals surface area contributed by atoms with Gasteiger partial charge >= 0.3 is 0 Å². The van der Waals surface area contributed by atoms with Crippen molar-refractivity contribution in [3.05, 3.63) is 41.7 Å². The third-order valence-electron chi connectivity index (χ3n) is 2.61. The molecule has 0 unspecified atom stereocenters. The van der Waals surface area contributed by atoms with E-state index in [0.717, 1.165) is 35.4 Å². The van der Waals surface area contributed by atoms with Crippen LogP contribution in [0.3, 0.4) is 0 Å². The Morgan fingerprint density at radius 3 is 3.00 bits per heavy atom. The van der Waals surface area contributed by atoms with Gasteiger partial charge in [-0.3, -0.25) is 0 Å². The molecule has 2 aromatic rings. The number of aromatic nitrogens is 2. The van der Waals surface area contributed by atoms with Gasteiger partial charge in [0.15, 0.2) is 4.77 Å². The van der Waals surface area contributed by atoms with Crippen molar-refractivity contribution in [2.75, 3.05) is 13.2 Å². The molecule has 17 heavy (non-hydrogen) atoms. The number of para-hydroxylation sites is 2. The van der Waals surface area contributed by atoms with Crippen LogP contribution in [0.25, 0.3) is 11.0 Å². The predicted molar refractivity (Wildman–Crippen MR) is 72.8 cm³/mol. The third-order valence-corrected chi connectivity index (χ3v) is 2.93. The summed E-state index contributed by atoms with van der Waals surface area (Å²) in [6, 6.07) is 8.10. The molecule has 4 heteroatoms. The Balaban J connectivity index is 2.05. The summed E-state index contributed by atoms with van der Waals surface area (Å²) in [6.45, 7) is 5.83. The van der Waals surface area contributed by atoms with Gasteiger partial charge < -0.3 is 14.3 Å². The number of aromatic amines is 1. The van der Waals surface area contributed by atoms with Gasteiger partial charge in [-0.05, 0) is 30.8 Å². The molecule has 0 atom stereocenters. The molecule has 0 saturated heterocycles. The van der Waals surface area contributed by atoms with E-state index in [-0.39, 0.29) is 0 Å². The van der Waals surface area contributed by atoms with E-state index in [1.54, 1.807) is 0 Å². The van der Waals surface area contributed by atoms with Crippen LogP contribution in [0.2, 0.25) is 0 Å². The van der Waals surface area contributed by atoms with Crippen molar-refractivity contribution in [2.24, 2.45) is 0 Å². The minimum absolute atomic E-state index is 0.671. The van der Waals surface area contributed by atoms with Crippen molar-refractivity contribution in [1.29, 1.82) is 0 Å². The van der Waals surface area contributed by atoms with E-state index in [0.29, 0.717) is 6.61 Å². The largest absolute Gasteiger partial charge is 0.379 e. The molecule has 0 fully saturated rings. The lowest BCUT2D eigenvalue weighted by molar-refractivity contribution is 0.131. The summed E-state index contributed by atoms with van der Waals surface area (Å²) < 4.78 is 8.32. The summed E-state index contributed by atoms with van der Waals surface area (Å²) >= 11 is 5.29. The number of nitrogens with one attached hydrogen (secondary N) is 1. The Labute approximate surface area is 106 Å². The van der Waals surface area contributed by atoms with Gasteiger partial charge in [-0.1, -0.05) is 18.2 Å². The molecule has 0 aliphatic rings. The lowest BCUT2D eigenvalue weighted by Crippen LogP contribution is -2.06. The first-order valence-electron chi connectivity index (χ1n) is 5.69. The van der Waals surface area contributed by atoms with Crippen LogP contribution in [0, 0.1) is 4.77 Å². The number of benzene rings is 1. The predicted octanol–water partition coefficient (Wildman–Crippen LogP) is 3.29. The van der Waals surface area contributed by atoms with E-state index in [2.05, 4.69) is 22.2 Å². The van der Waals surface area contributed by atoms with Crippen LogP contribution in [0.15, 0.2) is 36.9 Å². The lowest BCUT2D eigenvalue weighted by Gasteiger charge is -2.05.